The van der Waals surface area contributed by atoms with Crippen molar-refractivity contribution in [2.75, 3.05) is 6.61 Å². The maximum atomic E-state index is 12.8. The van der Waals surface area contributed by atoms with Crippen LogP contribution in [0, 0.1) is 5.41 Å². The molecule has 1 unspecified atom stereocenters. The standard InChI is InChI=1S/C19H22BrNO4/c1-4-25-15-6-10(5-12(20)18(15)24)11-7-16(23)21-13-8-19(2,3)9-14(22)17(11)13/h5-6,11,24H,4,7-9H2,1-3H3,(H,21,23). The van der Waals surface area contributed by atoms with Gasteiger partial charge in [-0.25, -0.2) is 0 Å². The van der Waals surface area contributed by atoms with E-state index >= 15 is 0 Å². The Kier molecular flexibility index (Phi) is 4.66. The molecular weight excluding hydrogens is 386 g/mol. The van der Waals surface area contributed by atoms with Crippen molar-refractivity contribution in [2.45, 2.75) is 46.0 Å². The highest BCUT2D eigenvalue weighted by Gasteiger charge is 2.40. The van der Waals surface area contributed by atoms with Crippen LogP contribution in [0.5, 0.6) is 11.5 Å². The zero-order valence-electron chi connectivity index (χ0n) is 14.6. The number of amides is 1. The number of allylic oxidation sites excluding steroid dienone is 2. The van der Waals surface area contributed by atoms with Crippen molar-refractivity contribution >= 4 is 27.6 Å². The predicted octanol–water partition coefficient (Wildman–Crippen LogP) is 3.80. The van der Waals surface area contributed by atoms with Crippen LogP contribution in [-0.4, -0.2) is 23.4 Å². The van der Waals surface area contributed by atoms with Gasteiger partial charge in [-0.2, -0.15) is 0 Å². The molecule has 0 saturated carbocycles. The number of benzene rings is 1. The summed E-state index contributed by atoms with van der Waals surface area (Å²) in [5, 5.41) is 13.0. The second-order valence-electron chi connectivity index (χ2n) is 7.42. The number of phenolic OH excluding ortho intramolecular Hbond substituents is 1. The van der Waals surface area contributed by atoms with Crippen molar-refractivity contribution in [1.82, 2.24) is 5.32 Å². The summed E-state index contributed by atoms with van der Waals surface area (Å²) in [6.45, 7) is 6.32. The summed E-state index contributed by atoms with van der Waals surface area (Å²) < 4.78 is 5.98. The van der Waals surface area contributed by atoms with E-state index in [1.54, 1.807) is 12.1 Å². The van der Waals surface area contributed by atoms with Crippen LogP contribution in [0.25, 0.3) is 0 Å². The Hall–Kier alpha value is -1.82. The van der Waals surface area contributed by atoms with Gasteiger partial charge in [0, 0.05) is 30.0 Å². The smallest absolute Gasteiger partial charge is 0.225 e. The SMILES string of the molecule is CCOc1cc(C2CC(=O)NC3=C2C(=O)CC(C)(C)C3)cc(Br)c1O. The van der Waals surface area contributed by atoms with Gasteiger partial charge in [-0.1, -0.05) is 13.8 Å². The second-order valence-corrected chi connectivity index (χ2v) is 8.27. The normalized spacial score (nSPS) is 22.5. The van der Waals surface area contributed by atoms with Gasteiger partial charge in [-0.15, -0.1) is 0 Å². The van der Waals surface area contributed by atoms with Crippen molar-refractivity contribution < 1.29 is 19.4 Å². The molecule has 1 aliphatic carbocycles. The molecule has 1 amide bonds. The van der Waals surface area contributed by atoms with Crippen molar-refractivity contribution in [3.05, 3.63) is 33.4 Å². The molecule has 1 aromatic carbocycles. The summed E-state index contributed by atoms with van der Waals surface area (Å²) in [7, 11) is 0. The van der Waals surface area contributed by atoms with Gasteiger partial charge in [0.1, 0.15) is 0 Å². The van der Waals surface area contributed by atoms with Crippen LogP contribution < -0.4 is 10.1 Å². The Morgan fingerprint density at radius 3 is 2.72 bits per heavy atom. The van der Waals surface area contributed by atoms with Crippen LogP contribution in [0.15, 0.2) is 27.9 Å². The van der Waals surface area contributed by atoms with E-state index < -0.39 is 0 Å². The molecule has 134 valence electrons. The molecule has 0 bridgehead atoms. The predicted molar refractivity (Wildman–Crippen MR) is 97.5 cm³/mol. The first kappa shape index (κ1) is 18.0. The summed E-state index contributed by atoms with van der Waals surface area (Å²) in [6.07, 6.45) is 1.36. The largest absolute Gasteiger partial charge is 0.503 e. The van der Waals surface area contributed by atoms with Gasteiger partial charge in [0.15, 0.2) is 17.3 Å². The molecule has 1 atom stereocenters. The Balaban J connectivity index is 2.10. The molecule has 0 fully saturated rings. The average molecular weight is 408 g/mol. The maximum Gasteiger partial charge on any atom is 0.225 e. The fourth-order valence-corrected chi connectivity index (χ4v) is 4.16. The van der Waals surface area contributed by atoms with Crippen molar-refractivity contribution in [3.8, 4) is 11.5 Å². The first-order valence-corrected chi connectivity index (χ1v) is 9.22. The fraction of sp³-hybridized carbons (Fsp3) is 0.474. The summed E-state index contributed by atoms with van der Waals surface area (Å²) >= 11 is 3.34. The zero-order chi connectivity index (χ0) is 18.4. The number of carbonyl (C=O) groups excluding carboxylic acids is 2. The van der Waals surface area contributed by atoms with Crippen molar-refractivity contribution in [2.24, 2.45) is 5.41 Å². The molecule has 5 nitrogen and oxygen atoms in total. The Bertz CT molecular complexity index is 782. The number of aromatic hydroxyl groups is 1. The van der Waals surface area contributed by atoms with Crippen LogP contribution in [0.2, 0.25) is 0 Å². The number of ether oxygens (including phenoxy) is 1. The second kappa shape index (κ2) is 6.48. The monoisotopic (exact) mass is 407 g/mol. The van der Waals surface area contributed by atoms with E-state index in [9.17, 15) is 14.7 Å². The van der Waals surface area contributed by atoms with E-state index in [4.69, 9.17) is 4.74 Å². The van der Waals surface area contributed by atoms with Gasteiger partial charge in [-0.3, -0.25) is 9.59 Å². The lowest BCUT2D eigenvalue weighted by molar-refractivity contribution is -0.122. The molecule has 1 heterocycles. The summed E-state index contributed by atoms with van der Waals surface area (Å²) in [5.41, 5.74) is 2.07. The molecule has 0 spiro atoms. The molecule has 25 heavy (non-hydrogen) atoms. The van der Waals surface area contributed by atoms with E-state index in [2.05, 4.69) is 21.2 Å². The van der Waals surface area contributed by atoms with Gasteiger partial charge < -0.3 is 15.2 Å². The number of rotatable bonds is 3. The minimum absolute atomic E-state index is 0.0242. The third-order valence-corrected chi connectivity index (χ3v) is 5.31. The third-order valence-electron chi connectivity index (χ3n) is 4.70. The molecule has 0 radical (unpaired) electrons. The van der Waals surface area contributed by atoms with Crippen molar-refractivity contribution in [3.63, 3.8) is 0 Å². The minimum Gasteiger partial charge on any atom is -0.503 e. The number of carbonyl (C=O) groups is 2. The molecule has 0 saturated heterocycles. The summed E-state index contributed by atoms with van der Waals surface area (Å²) in [4.78, 5) is 25.0. The van der Waals surface area contributed by atoms with Crippen LogP contribution in [0.4, 0.5) is 0 Å². The van der Waals surface area contributed by atoms with Crippen LogP contribution >= 0.6 is 15.9 Å². The Morgan fingerprint density at radius 1 is 1.32 bits per heavy atom. The third kappa shape index (κ3) is 3.45. The Labute approximate surface area is 155 Å². The molecule has 6 heteroatoms. The molecule has 0 aromatic heterocycles. The Morgan fingerprint density at radius 2 is 2.04 bits per heavy atom. The number of Topliss-reactive ketones (excluding diaryl/α,β-unsaturated/α-hetero) is 1. The van der Waals surface area contributed by atoms with E-state index in [0.717, 1.165) is 11.3 Å². The van der Waals surface area contributed by atoms with Gasteiger partial charge in [0.25, 0.3) is 0 Å². The van der Waals surface area contributed by atoms with Crippen LogP contribution in [0.3, 0.4) is 0 Å². The number of nitrogens with one attached hydrogen (secondary N) is 1. The molecule has 1 aromatic rings. The highest BCUT2D eigenvalue weighted by atomic mass is 79.9. The number of hydrogen-bond acceptors (Lipinski definition) is 4. The highest BCUT2D eigenvalue weighted by Crippen LogP contribution is 2.46. The highest BCUT2D eigenvalue weighted by molar-refractivity contribution is 9.10. The quantitative estimate of drug-likeness (QED) is 0.798. The lowest BCUT2D eigenvalue weighted by Gasteiger charge is -2.38. The van der Waals surface area contributed by atoms with E-state index in [1.165, 1.54) is 0 Å². The lowest BCUT2D eigenvalue weighted by Crippen LogP contribution is -2.40. The minimum atomic E-state index is -0.316. The van der Waals surface area contributed by atoms with Gasteiger partial charge >= 0.3 is 0 Å². The van der Waals surface area contributed by atoms with Gasteiger partial charge in [0.2, 0.25) is 5.91 Å². The van der Waals surface area contributed by atoms with Crippen LogP contribution in [-0.2, 0) is 9.59 Å². The van der Waals surface area contributed by atoms with Gasteiger partial charge in [0.05, 0.1) is 11.1 Å². The topological polar surface area (TPSA) is 75.6 Å². The van der Waals surface area contributed by atoms with E-state index in [-0.39, 0.29) is 35.2 Å². The fourth-order valence-electron chi connectivity index (χ4n) is 3.70. The van der Waals surface area contributed by atoms with E-state index in [1.807, 2.05) is 20.8 Å². The van der Waals surface area contributed by atoms with E-state index in [0.29, 0.717) is 35.2 Å². The first-order chi connectivity index (χ1) is 11.7. The van der Waals surface area contributed by atoms with Crippen LogP contribution in [0.1, 0.15) is 51.5 Å². The number of hydrogen-bond donors (Lipinski definition) is 2. The summed E-state index contributed by atoms with van der Waals surface area (Å²) in [6, 6.07) is 3.49. The lowest BCUT2D eigenvalue weighted by atomic mass is 9.70. The van der Waals surface area contributed by atoms with Gasteiger partial charge in [-0.05, 0) is 52.4 Å². The first-order valence-electron chi connectivity index (χ1n) is 8.43. The number of halogens is 1. The average Bonchev–Trinajstić information content (AvgIpc) is 2.49. The molecular formula is C19H22BrNO4. The summed E-state index contributed by atoms with van der Waals surface area (Å²) in [5.74, 6) is 0.0537. The van der Waals surface area contributed by atoms with Crippen molar-refractivity contribution in [1.29, 1.82) is 0 Å². The number of ketones is 1. The zero-order valence-corrected chi connectivity index (χ0v) is 16.2. The molecule has 2 aliphatic rings. The molecule has 1 aliphatic heterocycles. The number of phenols is 1. The molecule has 3 rings (SSSR count). The molecule has 2 N–H and O–H groups in total. The maximum absolute atomic E-state index is 12.8.